The first-order valence-electron chi connectivity index (χ1n) is 7.11. The molecular weight excluding hydrogens is 298 g/mol. The second-order valence-corrected chi connectivity index (χ2v) is 6.57. The number of ether oxygens (including phenoxy) is 1. The van der Waals surface area contributed by atoms with E-state index in [2.05, 4.69) is 4.40 Å². The third kappa shape index (κ3) is 4.43. The number of hydrogen-bond donors (Lipinski definition) is 0. The van der Waals surface area contributed by atoms with Crippen LogP contribution in [0.1, 0.15) is 24.5 Å². The fraction of sp³-hybridized carbons (Fsp3) is 0.235. The van der Waals surface area contributed by atoms with Crippen LogP contribution in [-0.2, 0) is 10.0 Å². The zero-order chi connectivity index (χ0) is 16.0. The molecule has 2 aromatic rings. The molecule has 0 aliphatic rings. The molecule has 116 valence electrons. The molecule has 2 aromatic carbocycles. The average Bonchev–Trinajstić information content (AvgIpc) is 2.52. The maximum atomic E-state index is 12.1. The Balaban J connectivity index is 2.11. The van der Waals surface area contributed by atoms with Gasteiger partial charge in [-0.3, -0.25) is 0 Å². The summed E-state index contributed by atoms with van der Waals surface area (Å²) in [6.07, 6.45) is 2.29. The summed E-state index contributed by atoms with van der Waals surface area (Å²) in [6, 6.07) is 13.8. The lowest BCUT2D eigenvalue weighted by Gasteiger charge is -2.04. The van der Waals surface area contributed by atoms with Crippen LogP contribution in [0.4, 0.5) is 0 Å². The molecule has 0 unspecified atom stereocenters. The first kappa shape index (κ1) is 16.2. The second kappa shape index (κ2) is 7.22. The van der Waals surface area contributed by atoms with Crippen molar-refractivity contribution >= 4 is 16.2 Å². The van der Waals surface area contributed by atoms with Gasteiger partial charge in [0, 0.05) is 6.21 Å². The number of sulfonamides is 1. The summed E-state index contributed by atoms with van der Waals surface area (Å²) in [6.45, 7) is 4.61. The summed E-state index contributed by atoms with van der Waals surface area (Å²) in [5.41, 5.74) is 1.71. The van der Waals surface area contributed by atoms with Gasteiger partial charge in [0.1, 0.15) is 5.75 Å². The van der Waals surface area contributed by atoms with Crippen molar-refractivity contribution in [2.45, 2.75) is 25.2 Å². The van der Waals surface area contributed by atoms with Crippen LogP contribution in [0.25, 0.3) is 0 Å². The molecule has 0 heterocycles. The maximum Gasteiger partial charge on any atom is 0.282 e. The molecule has 0 fully saturated rings. The molecule has 0 atom stereocenters. The van der Waals surface area contributed by atoms with Crippen molar-refractivity contribution in [1.82, 2.24) is 0 Å². The molecule has 0 aromatic heterocycles. The first-order chi connectivity index (χ1) is 10.5. The lowest BCUT2D eigenvalue weighted by atomic mass is 10.2. The minimum Gasteiger partial charge on any atom is -0.494 e. The van der Waals surface area contributed by atoms with Crippen LogP contribution < -0.4 is 4.74 Å². The molecule has 22 heavy (non-hydrogen) atoms. The van der Waals surface area contributed by atoms with E-state index >= 15 is 0 Å². The minimum atomic E-state index is -3.66. The molecule has 4 nitrogen and oxygen atoms in total. The Morgan fingerprint density at radius 1 is 1.05 bits per heavy atom. The van der Waals surface area contributed by atoms with E-state index < -0.39 is 10.0 Å². The molecular formula is C17H19NO3S. The highest BCUT2D eigenvalue weighted by atomic mass is 32.2. The fourth-order valence-electron chi connectivity index (χ4n) is 1.77. The van der Waals surface area contributed by atoms with Crippen LogP contribution in [0, 0.1) is 6.92 Å². The highest BCUT2D eigenvalue weighted by Crippen LogP contribution is 2.14. The van der Waals surface area contributed by atoms with Crippen molar-refractivity contribution < 1.29 is 13.2 Å². The normalized spacial score (nSPS) is 11.7. The smallest absolute Gasteiger partial charge is 0.282 e. The molecule has 0 saturated carbocycles. The van der Waals surface area contributed by atoms with E-state index in [0.717, 1.165) is 17.7 Å². The fourth-order valence-corrected chi connectivity index (χ4v) is 2.63. The summed E-state index contributed by atoms with van der Waals surface area (Å²) in [5, 5.41) is 0. The molecule has 0 amide bonds. The molecule has 2 rings (SSSR count). The molecule has 0 radical (unpaired) electrons. The van der Waals surface area contributed by atoms with E-state index in [-0.39, 0.29) is 4.90 Å². The van der Waals surface area contributed by atoms with Crippen molar-refractivity contribution in [2.75, 3.05) is 6.61 Å². The van der Waals surface area contributed by atoms with Gasteiger partial charge < -0.3 is 4.74 Å². The van der Waals surface area contributed by atoms with Crippen LogP contribution in [-0.4, -0.2) is 21.2 Å². The Bertz CT molecular complexity index is 732. The van der Waals surface area contributed by atoms with Crippen molar-refractivity contribution in [2.24, 2.45) is 4.40 Å². The third-order valence-electron chi connectivity index (χ3n) is 3.01. The van der Waals surface area contributed by atoms with E-state index in [9.17, 15) is 8.42 Å². The number of nitrogens with zero attached hydrogens (tertiary/aromatic N) is 1. The van der Waals surface area contributed by atoms with E-state index in [1.54, 1.807) is 48.5 Å². The molecule has 0 aliphatic heterocycles. The van der Waals surface area contributed by atoms with Gasteiger partial charge in [0.25, 0.3) is 10.0 Å². The Kier molecular flexibility index (Phi) is 5.33. The summed E-state index contributed by atoms with van der Waals surface area (Å²) in [4.78, 5) is 0.192. The maximum absolute atomic E-state index is 12.1. The lowest BCUT2D eigenvalue weighted by Crippen LogP contribution is -1.98. The molecule has 0 aliphatic carbocycles. The molecule has 5 heteroatoms. The highest BCUT2D eigenvalue weighted by molar-refractivity contribution is 7.90. The summed E-state index contributed by atoms with van der Waals surface area (Å²) >= 11 is 0. The largest absolute Gasteiger partial charge is 0.494 e. The first-order valence-corrected chi connectivity index (χ1v) is 8.55. The standard InChI is InChI=1S/C17H19NO3S/c1-3-12-21-16-8-6-15(7-9-16)13-18-22(19,20)17-10-4-14(2)5-11-17/h4-11,13H,3,12H2,1-2H3/b18-13-. The van der Waals surface area contributed by atoms with E-state index in [1.165, 1.54) is 6.21 Å². The summed E-state index contributed by atoms with van der Waals surface area (Å²) in [5.74, 6) is 0.764. The van der Waals surface area contributed by atoms with Crippen molar-refractivity contribution in [3.05, 3.63) is 59.7 Å². The zero-order valence-electron chi connectivity index (χ0n) is 12.7. The van der Waals surface area contributed by atoms with Crippen LogP contribution in [0.3, 0.4) is 0 Å². The van der Waals surface area contributed by atoms with Gasteiger partial charge in [-0.1, -0.05) is 24.6 Å². The van der Waals surface area contributed by atoms with Gasteiger partial charge in [0.15, 0.2) is 0 Å². The molecule has 0 spiro atoms. The monoisotopic (exact) mass is 317 g/mol. The number of hydrogen-bond acceptors (Lipinski definition) is 3. The average molecular weight is 317 g/mol. The number of benzene rings is 2. The molecule has 0 bridgehead atoms. The lowest BCUT2D eigenvalue weighted by molar-refractivity contribution is 0.317. The van der Waals surface area contributed by atoms with E-state index in [0.29, 0.717) is 12.2 Å². The molecule has 0 N–H and O–H groups in total. The predicted octanol–water partition coefficient (Wildman–Crippen LogP) is 3.59. The van der Waals surface area contributed by atoms with Crippen molar-refractivity contribution in [1.29, 1.82) is 0 Å². The van der Waals surface area contributed by atoms with Crippen LogP contribution >= 0.6 is 0 Å². The van der Waals surface area contributed by atoms with E-state index in [4.69, 9.17) is 4.74 Å². The van der Waals surface area contributed by atoms with Gasteiger partial charge in [-0.05, 0) is 55.3 Å². The number of aryl methyl sites for hydroxylation is 1. The Morgan fingerprint density at radius 2 is 1.68 bits per heavy atom. The van der Waals surface area contributed by atoms with Crippen molar-refractivity contribution in [3.63, 3.8) is 0 Å². The third-order valence-corrected chi connectivity index (χ3v) is 4.26. The minimum absolute atomic E-state index is 0.192. The highest BCUT2D eigenvalue weighted by Gasteiger charge is 2.10. The quantitative estimate of drug-likeness (QED) is 0.765. The van der Waals surface area contributed by atoms with Crippen LogP contribution in [0.2, 0.25) is 0 Å². The Morgan fingerprint density at radius 3 is 2.27 bits per heavy atom. The van der Waals surface area contributed by atoms with Gasteiger partial charge in [0.2, 0.25) is 0 Å². The Hall–Kier alpha value is -2.14. The second-order valence-electron chi connectivity index (χ2n) is 4.94. The number of rotatable bonds is 6. The van der Waals surface area contributed by atoms with Crippen LogP contribution in [0.15, 0.2) is 57.8 Å². The van der Waals surface area contributed by atoms with Gasteiger partial charge in [-0.2, -0.15) is 12.8 Å². The van der Waals surface area contributed by atoms with Gasteiger partial charge in [-0.15, -0.1) is 0 Å². The van der Waals surface area contributed by atoms with Crippen LogP contribution in [0.5, 0.6) is 5.75 Å². The Labute approximate surface area is 131 Å². The summed E-state index contributed by atoms with van der Waals surface area (Å²) < 4.78 is 33.4. The predicted molar refractivity (Wildman–Crippen MR) is 88.2 cm³/mol. The topological polar surface area (TPSA) is 55.7 Å². The zero-order valence-corrected chi connectivity index (χ0v) is 13.5. The van der Waals surface area contributed by atoms with Crippen molar-refractivity contribution in [3.8, 4) is 5.75 Å². The van der Waals surface area contributed by atoms with E-state index in [1.807, 2.05) is 13.8 Å². The van der Waals surface area contributed by atoms with Gasteiger partial charge in [-0.25, -0.2) is 0 Å². The van der Waals surface area contributed by atoms with Gasteiger partial charge >= 0.3 is 0 Å². The summed E-state index contributed by atoms with van der Waals surface area (Å²) in [7, 11) is -3.66. The SMILES string of the molecule is CCCOc1ccc(/C=N\S(=O)(=O)c2ccc(C)cc2)cc1. The van der Waals surface area contributed by atoms with Gasteiger partial charge in [0.05, 0.1) is 11.5 Å². The molecule has 0 saturated heterocycles.